The number of hydrogen-bond donors (Lipinski definition) is 3. The Morgan fingerprint density at radius 2 is 1.75 bits per heavy atom. The van der Waals surface area contributed by atoms with Gasteiger partial charge in [0.25, 0.3) is 5.91 Å². The normalized spacial score (nSPS) is 13.4. The maximum atomic E-state index is 13.6. The van der Waals surface area contributed by atoms with Crippen molar-refractivity contribution in [1.29, 1.82) is 0 Å². The summed E-state index contributed by atoms with van der Waals surface area (Å²) in [5, 5.41) is 6.67. The summed E-state index contributed by atoms with van der Waals surface area (Å²) >= 11 is 0. The van der Waals surface area contributed by atoms with Gasteiger partial charge in [-0.25, -0.2) is 4.79 Å². The van der Waals surface area contributed by atoms with Crippen molar-refractivity contribution < 1.29 is 19.1 Å². The molecular formula is C28H28N4O4. The van der Waals surface area contributed by atoms with Crippen molar-refractivity contribution in [3.8, 4) is 16.9 Å². The fraction of sp³-hybridized carbons (Fsp3) is 0.214. The van der Waals surface area contributed by atoms with Gasteiger partial charge >= 0.3 is 6.03 Å². The van der Waals surface area contributed by atoms with E-state index in [4.69, 9.17) is 9.47 Å². The van der Waals surface area contributed by atoms with Crippen molar-refractivity contribution in [2.45, 2.75) is 6.92 Å². The zero-order valence-electron chi connectivity index (χ0n) is 20.3. The fourth-order valence-corrected chi connectivity index (χ4v) is 4.51. The Morgan fingerprint density at radius 3 is 2.50 bits per heavy atom. The SMILES string of the molecule is COc1cccc(NC(=O)Nc2cc(C)cc3c(-c4ccccc4)c(C(=O)N4CCOCC4)[nH]c23)c1. The van der Waals surface area contributed by atoms with Crippen LogP contribution in [0.1, 0.15) is 16.1 Å². The van der Waals surface area contributed by atoms with Gasteiger partial charge in [-0.15, -0.1) is 0 Å². The van der Waals surface area contributed by atoms with Gasteiger partial charge in [0.15, 0.2) is 0 Å². The molecule has 8 heteroatoms. The first-order valence-electron chi connectivity index (χ1n) is 11.8. The van der Waals surface area contributed by atoms with E-state index in [0.29, 0.717) is 54.6 Å². The van der Waals surface area contributed by atoms with E-state index in [1.54, 1.807) is 30.2 Å². The molecule has 4 aromatic rings. The van der Waals surface area contributed by atoms with Crippen LogP contribution in [0.25, 0.3) is 22.0 Å². The maximum Gasteiger partial charge on any atom is 0.323 e. The number of methoxy groups -OCH3 is 1. The number of fused-ring (bicyclic) bond motifs is 1. The van der Waals surface area contributed by atoms with E-state index in [1.165, 1.54) is 0 Å². The van der Waals surface area contributed by atoms with Crippen molar-refractivity contribution in [3.63, 3.8) is 0 Å². The molecule has 1 fully saturated rings. The molecule has 184 valence electrons. The van der Waals surface area contributed by atoms with E-state index in [9.17, 15) is 9.59 Å². The molecule has 36 heavy (non-hydrogen) atoms. The minimum absolute atomic E-state index is 0.0854. The minimum Gasteiger partial charge on any atom is -0.497 e. The van der Waals surface area contributed by atoms with Crippen LogP contribution in [0.3, 0.4) is 0 Å². The number of urea groups is 1. The molecule has 3 N–H and O–H groups in total. The van der Waals surface area contributed by atoms with E-state index in [0.717, 1.165) is 22.1 Å². The highest BCUT2D eigenvalue weighted by molar-refractivity contribution is 6.14. The molecule has 1 aromatic heterocycles. The van der Waals surface area contributed by atoms with Crippen LogP contribution in [0.15, 0.2) is 66.7 Å². The van der Waals surface area contributed by atoms with Crippen molar-refractivity contribution in [2.24, 2.45) is 0 Å². The highest BCUT2D eigenvalue weighted by Crippen LogP contribution is 2.37. The number of hydrogen-bond acceptors (Lipinski definition) is 4. The average Bonchev–Trinajstić information content (AvgIpc) is 3.28. The number of rotatable bonds is 5. The van der Waals surface area contributed by atoms with Gasteiger partial charge in [0.1, 0.15) is 11.4 Å². The van der Waals surface area contributed by atoms with Crippen molar-refractivity contribution in [2.75, 3.05) is 44.0 Å². The predicted octanol–water partition coefficient (Wildman–Crippen LogP) is 5.27. The van der Waals surface area contributed by atoms with Crippen LogP contribution in [-0.4, -0.2) is 55.2 Å². The molecule has 2 heterocycles. The highest BCUT2D eigenvalue weighted by Gasteiger charge is 2.26. The number of nitrogens with one attached hydrogen (secondary N) is 3. The van der Waals surface area contributed by atoms with E-state index in [1.807, 2.05) is 55.5 Å². The Morgan fingerprint density at radius 1 is 0.972 bits per heavy atom. The summed E-state index contributed by atoms with van der Waals surface area (Å²) in [6.07, 6.45) is 0. The van der Waals surface area contributed by atoms with Crippen LogP contribution in [0.4, 0.5) is 16.2 Å². The third kappa shape index (κ3) is 4.76. The smallest absolute Gasteiger partial charge is 0.323 e. The number of anilines is 2. The number of ether oxygens (including phenoxy) is 2. The van der Waals surface area contributed by atoms with Gasteiger partial charge < -0.3 is 30.0 Å². The molecule has 5 rings (SSSR count). The van der Waals surface area contributed by atoms with E-state index in [-0.39, 0.29) is 5.91 Å². The van der Waals surface area contributed by atoms with Gasteiger partial charge in [-0.1, -0.05) is 36.4 Å². The van der Waals surface area contributed by atoms with E-state index in [2.05, 4.69) is 15.6 Å². The van der Waals surface area contributed by atoms with Crippen LogP contribution in [0, 0.1) is 6.92 Å². The number of nitrogens with zero attached hydrogens (tertiary/aromatic N) is 1. The van der Waals surface area contributed by atoms with E-state index >= 15 is 0 Å². The first kappa shape index (κ1) is 23.4. The molecule has 0 saturated carbocycles. The third-order valence-corrected chi connectivity index (χ3v) is 6.20. The lowest BCUT2D eigenvalue weighted by Crippen LogP contribution is -2.41. The molecule has 0 bridgehead atoms. The number of morpholine rings is 1. The van der Waals surface area contributed by atoms with Crippen molar-refractivity contribution in [1.82, 2.24) is 9.88 Å². The molecule has 0 radical (unpaired) electrons. The topological polar surface area (TPSA) is 95.7 Å². The molecule has 1 aliphatic rings. The number of carbonyl (C=O) groups is 2. The fourth-order valence-electron chi connectivity index (χ4n) is 4.51. The molecule has 1 aliphatic heterocycles. The number of carbonyl (C=O) groups excluding carboxylic acids is 2. The summed E-state index contributed by atoms with van der Waals surface area (Å²) in [5.74, 6) is 0.562. The summed E-state index contributed by atoms with van der Waals surface area (Å²) in [6.45, 7) is 4.08. The van der Waals surface area contributed by atoms with Gasteiger partial charge in [0.05, 0.1) is 31.5 Å². The monoisotopic (exact) mass is 484 g/mol. The molecule has 0 unspecified atom stereocenters. The Kier molecular flexibility index (Phi) is 6.60. The molecule has 3 amide bonds. The van der Waals surface area contributed by atoms with Gasteiger partial charge in [-0.2, -0.15) is 0 Å². The van der Waals surface area contributed by atoms with Crippen LogP contribution in [-0.2, 0) is 4.74 Å². The number of aromatic amines is 1. The summed E-state index contributed by atoms with van der Waals surface area (Å²) in [6, 6.07) is 20.5. The van der Waals surface area contributed by atoms with Crippen molar-refractivity contribution in [3.05, 3.63) is 78.0 Å². The lowest BCUT2D eigenvalue weighted by molar-refractivity contribution is 0.0300. The molecule has 1 saturated heterocycles. The average molecular weight is 485 g/mol. The highest BCUT2D eigenvalue weighted by atomic mass is 16.5. The Hall–Kier alpha value is -4.30. The third-order valence-electron chi connectivity index (χ3n) is 6.20. The van der Waals surface area contributed by atoms with Gasteiger partial charge in [-0.3, -0.25) is 4.79 Å². The number of aryl methyl sites for hydroxylation is 1. The Balaban J connectivity index is 1.55. The zero-order valence-corrected chi connectivity index (χ0v) is 20.3. The number of H-pyrrole nitrogens is 1. The van der Waals surface area contributed by atoms with Gasteiger partial charge in [0, 0.05) is 35.8 Å². The lowest BCUT2D eigenvalue weighted by atomic mass is 9.99. The predicted molar refractivity (Wildman–Crippen MR) is 141 cm³/mol. The molecule has 0 aliphatic carbocycles. The molecule has 0 spiro atoms. The minimum atomic E-state index is -0.396. The second-order valence-electron chi connectivity index (χ2n) is 8.69. The van der Waals surface area contributed by atoms with Crippen molar-refractivity contribution >= 4 is 34.2 Å². The van der Waals surface area contributed by atoms with Crippen LogP contribution in [0.5, 0.6) is 5.75 Å². The first-order chi connectivity index (χ1) is 17.5. The van der Waals surface area contributed by atoms with Crippen LogP contribution in [0.2, 0.25) is 0 Å². The molecule has 3 aromatic carbocycles. The molecule has 0 atom stereocenters. The molecule has 8 nitrogen and oxygen atoms in total. The zero-order chi connectivity index (χ0) is 25.1. The van der Waals surface area contributed by atoms with E-state index < -0.39 is 6.03 Å². The quantitative estimate of drug-likeness (QED) is 0.360. The first-order valence-corrected chi connectivity index (χ1v) is 11.8. The summed E-state index contributed by atoms with van der Waals surface area (Å²) in [5.41, 5.74) is 5.09. The second-order valence-corrected chi connectivity index (χ2v) is 8.69. The standard InChI is InChI=1S/C28H28N4O4/c1-18-15-22-24(19-7-4-3-5-8-19)26(27(33)32-11-13-36-14-12-32)31-25(22)23(16-18)30-28(34)29-20-9-6-10-21(17-20)35-2/h3-10,15-17,31H,11-14H2,1-2H3,(H2,29,30,34). The van der Waals surface area contributed by atoms with Gasteiger partial charge in [0.2, 0.25) is 0 Å². The second kappa shape index (κ2) is 10.1. The Labute approximate surface area is 209 Å². The van der Waals surface area contributed by atoms with Gasteiger partial charge in [-0.05, 0) is 42.3 Å². The molecular weight excluding hydrogens is 456 g/mol. The summed E-state index contributed by atoms with van der Waals surface area (Å²) < 4.78 is 10.7. The summed E-state index contributed by atoms with van der Waals surface area (Å²) in [7, 11) is 1.58. The number of benzene rings is 3. The number of amides is 3. The summed E-state index contributed by atoms with van der Waals surface area (Å²) in [4.78, 5) is 31.7. The van der Waals surface area contributed by atoms with Crippen LogP contribution < -0.4 is 15.4 Å². The maximum absolute atomic E-state index is 13.6. The lowest BCUT2D eigenvalue weighted by Gasteiger charge is -2.26. The largest absolute Gasteiger partial charge is 0.497 e. The van der Waals surface area contributed by atoms with Crippen LogP contribution >= 0.6 is 0 Å². The Bertz CT molecular complexity index is 1410. The number of aromatic nitrogens is 1.